The summed E-state index contributed by atoms with van der Waals surface area (Å²) in [4.78, 5) is 12.4. The Labute approximate surface area is 142 Å². The highest BCUT2D eigenvalue weighted by Crippen LogP contribution is 2.41. The number of nitrogens with one attached hydrogen (secondary N) is 2. The van der Waals surface area contributed by atoms with Crippen LogP contribution in [0.1, 0.15) is 24.4 Å². The minimum atomic E-state index is -0.231. The third-order valence-electron chi connectivity index (χ3n) is 4.15. The van der Waals surface area contributed by atoms with Crippen LogP contribution in [0, 0.1) is 5.92 Å². The molecule has 2 N–H and O–H groups in total. The molecule has 24 heavy (non-hydrogen) atoms. The van der Waals surface area contributed by atoms with Crippen LogP contribution in [0.3, 0.4) is 0 Å². The Bertz CT molecular complexity index is 677. The van der Waals surface area contributed by atoms with E-state index in [2.05, 4.69) is 22.8 Å². The molecule has 0 aromatic heterocycles. The third-order valence-corrected chi connectivity index (χ3v) is 4.15. The van der Waals surface area contributed by atoms with E-state index < -0.39 is 0 Å². The summed E-state index contributed by atoms with van der Waals surface area (Å²) < 4.78 is 10.5. The summed E-state index contributed by atoms with van der Waals surface area (Å²) >= 11 is 0. The van der Waals surface area contributed by atoms with Crippen LogP contribution in [0.25, 0.3) is 0 Å². The third kappa shape index (κ3) is 3.98. The summed E-state index contributed by atoms with van der Waals surface area (Å²) in [5, 5.41) is 5.95. The van der Waals surface area contributed by atoms with Crippen LogP contribution >= 0.6 is 0 Å². The van der Waals surface area contributed by atoms with Crippen molar-refractivity contribution in [2.75, 3.05) is 19.5 Å². The predicted molar refractivity (Wildman–Crippen MR) is 93.6 cm³/mol. The number of carbonyl (C=O) groups excluding carboxylic acids is 1. The Kier molecular flexibility index (Phi) is 4.89. The molecule has 1 atom stereocenters. The molecule has 0 radical (unpaired) electrons. The number of ether oxygens (including phenoxy) is 2. The minimum absolute atomic E-state index is 0.0405. The fraction of sp³-hybridized carbons (Fsp3) is 0.316. The number of urea groups is 1. The molecular weight excluding hydrogens is 304 g/mol. The van der Waals surface area contributed by atoms with Gasteiger partial charge in [-0.1, -0.05) is 30.3 Å². The van der Waals surface area contributed by atoms with Crippen LogP contribution in [-0.2, 0) is 0 Å². The van der Waals surface area contributed by atoms with Crippen molar-refractivity contribution in [3.05, 3.63) is 54.1 Å². The first-order valence-electron chi connectivity index (χ1n) is 8.05. The average Bonchev–Trinajstić information content (AvgIpc) is 3.45. The molecule has 0 bridgehead atoms. The van der Waals surface area contributed by atoms with Crippen molar-refractivity contribution in [3.63, 3.8) is 0 Å². The standard InChI is InChI=1S/C19H22N2O3/c1-23-16-10-15(11-17(12-16)24-2)20-19(22)21-18(14-8-9-14)13-6-4-3-5-7-13/h3-7,10-12,14,18H,8-9H2,1-2H3,(H2,20,21,22). The lowest BCUT2D eigenvalue weighted by atomic mass is 10.0. The molecule has 1 unspecified atom stereocenters. The number of amides is 2. The topological polar surface area (TPSA) is 59.6 Å². The molecule has 2 aromatic rings. The number of methoxy groups -OCH3 is 2. The molecule has 1 saturated carbocycles. The van der Waals surface area contributed by atoms with E-state index in [9.17, 15) is 4.79 Å². The first-order chi connectivity index (χ1) is 11.7. The zero-order valence-electron chi connectivity index (χ0n) is 13.9. The number of benzene rings is 2. The smallest absolute Gasteiger partial charge is 0.319 e. The molecule has 0 saturated heterocycles. The second-order valence-electron chi connectivity index (χ2n) is 5.93. The predicted octanol–water partition coefficient (Wildman–Crippen LogP) is 3.98. The lowest BCUT2D eigenvalue weighted by Gasteiger charge is -2.19. The Morgan fingerprint density at radius 1 is 1.04 bits per heavy atom. The number of carbonyl (C=O) groups is 1. The monoisotopic (exact) mass is 326 g/mol. The molecule has 1 fully saturated rings. The van der Waals surface area contributed by atoms with Crippen molar-refractivity contribution in [3.8, 4) is 11.5 Å². The van der Waals surface area contributed by atoms with Gasteiger partial charge in [-0.2, -0.15) is 0 Å². The van der Waals surface area contributed by atoms with Crippen molar-refractivity contribution < 1.29 is 14.3 Å². The van der Waals surface area contributed by atoms with Crippen molar-refractivity contribution in [1.29, 1.82) is 0 Å². The van der Waals surface area contributed by atoms with Crippen LogP contribution < -0.4 is 20.1 Å². The Balaban J connectivity index is 1.70. The van der Waals surface area contributed by atoms with Gasteiger partial charge in [0.25, 0.3) is 0 Å². The molecule has 5 heteroatoms. The fourth-order valence-corrected chi connectivity index (χ4v) is 2.75. The van der Waals surface area contributed by atoms with Crippen molar-refractivity contribution in [2.24, 2.45) is 5.92 Å². The van der Waals surface area contributed by atoms with Gasteiger partial charge in [0, 0.05) is 23.9 Å². The summed E-state index contributed by atoms with van der Waals surface area (Å²) in [5.74, 6) is 1.77. The van der Waals surface area contributed by atoms with E-state index in [-0.39, 0.29) is 12.1 Å². The van der Waals surface area contributed by atoms with E-state index in [1.54, 1.807) is 32.4 Å². The normalized spacial score (nSPS) is 14.6. The van der Waals surface area contributed by atoms with Gasteiger partial charge < -0.3 is 20.1 Å². The van der Waals surface area contributed by atoms with Crippen LogP contribution in [0.4, 0.5) is 10.5 Å². The van der Waals surface area contributed by atoms with Crippen molar-refractivity contribution in [1.82, 2.24) is 5.32 Å². The quantitative estimate of drug-likeness (QED) is 0.844. The molecule has 126 valence electrons. The maximum atomic E-state index is 12.4. The number of hydrogen-bond acceptors (Lipinski definition) is 3. The van der Waals surface area contributed by atoms with Crippen LogP contribution in [0.15, 0.2) is 48.5 Å². The lowest BCUT2D eigenvalue weighted by molar-refractivity contribution is 0.247. The first kappa shape index (κ1) is 16.2. The van der Waals surface area contributed by atoms with Gasteiger partial charge >= 0.3 is 6.03 Å². The van der Waals surface area contributed by atoms with Crippen molar-refractivity contribution >= 4 is 11.7 Å². The van der Waals surface area contributed by atoms with Gasteiger partial charge in [0.05, 0.1) is 20.3 Å². The minimum Gasteiger partial charge on any atom is -0.497 e. The van der Waals surface area contributed by atoms with Crippen LogP contribution in [0.5, 0.6) is 11.5 Å². The molecule has 1 aliphatic rings. The van der Waals surface area contributed by atoms with Gasteiger partial charge in [-0.15, -0.1) is 0 Å². The van der Waals surface area contributed by atoms with E-state index in [0.29, 0.717) is 23.1 Å². The molecule has 2 amide bonds. The summed E-state index contributed by atoms with van der Waals surface area (Å²) in [6, 6.07) is 15.2. The van der Waals surface area contributed by atoms with Crippen molar-refractivity contribution in [2.45, 2.75) is 18.9 Å². The van der Waals surface area contributed by atoms with E-state index >= 15 is 0 Å². The number of hydrogen-bond donors (Lipinski definition) is 2. The van der Waals surface area contributed by atoms with Gasteiger partial charge in [-0.3, -0.25) is 0 Å². The molecule has 3 rings (SSSR count). The van der Waals surface area contributed by atoms with Gasteiger partial charge in [-0.25, -0.2) is 4.79 Å². The molecule has 0 aliphatic heterocycles. The summed E-state index contributed by atoms with van der Waals surface area (Å²) in [5.41, 5.74) is 1.77. The maximum absolute atomic E-state index is 12.4. The van der Waals surface area contributed by atoms with E-state index in [1.807, 2.05) is 18.2 Å². The van der Waals surface area contributed by atoms with Gasteiger partial charge in [-0.05, 0) is 24.3 Å². The summed E-state index contributed by atoms with van der Waals surface area (Å²) in [7, 11) is 3.16. The Morgan fingerprint density at radius 3 is 2.21 bits per heavy atom. The second kappa shape index (κ2) is 7.25. The fourth-order valence-electron chi connectivity index (χ4n) is 2.75. The average molecular weight is 326 g/mol. The van der Waals surface area contributed by atoms with Gasteiger partial charge in [0.15, 0.2) is 0 Å². The SMILES string of the molecule is COc1cc(NC(=O)NC(c2ccccc2)C2CC2)cc(OC)c1. The molecule has 1 aliphatic carbocycles. The molecule has 2 aromatic carbocycles. The highest BCUT2D eigenvalue weighted by atomic mass is 16.5. The largest absolute Gasteiger partial charge is 0.497 e. The Hall–Kier alpha value is -2.69. The molecule has 5 nitrogen and oxygen atoms in total. The Morgan fingerprint density at radius 2 is 1.67 bits per heavy atom. The molecular formula is C19H22N2O3. The van der Waals surface area contributed by atoms with Gasteiger partial charge in [0.1, 0.15) is 11.5 Å². The summed E-state index contributed by atoms with van der Waals surface area (Å²) in [6.07, 6.45) is 2.29. The van der Waals surface area contributed by atoms with Crippen LogP contribution in [0.2, 0.25) is 0 Å². The number of rotatable bonds is 6. The zero-order chi connectivity index (χ0) is 16.9. The van der Waals surface area contributed by atoms with Crippen LogP contribution in [-0.4, -0.2) is 20.3 Å². The van der Waals surface area contributed by atoms with E-state index in [4.69, 9.17) is 9.47 Å². The number of anilines is 1. The summed E-state index contributed by atoms with van der Waals surface area (Å²) in [6.45, 7) is 0. The second-order valence-corrected chi connectivity index (χ2v) is 5.93. The van der Waals surface area contributed by atoms with E-state index in [1.165, 1.54) is 0 Å². The maximum Gasteiger partial charge on any atom is 0.319 e. The highest BCUT2D eigenvalue weighted by Gasteiger charge is 2.33. The molecule has 0 heterocycles. The lowest BCUT2D eigenvalue weighted by Crippen LogP contribution is -2.33. The molecule has 0 spiro atoms. The van der Waals surface area contributed by atoms with Gasteiger partial charge in [0.2, 0.25) is 0 Å². The first-order valence-corrected chi connectivity index (χ1v) is 8.05. The van der Waals surface area contributed by atoms with E-state index in [0.717, 1.165) is 18.4 Å². The zero-order valence-corrected chi connectivity index (χ0v) is 13.9. The highest BCUT2D eigenvalue weighted by molar-refractivity contribution is 5.90.